The summed E-state index contributed by atoms with van der Waals surface area (Å²) in [6.45, 7) is 2.41. The van der Waals surface area contributed by atoms with Gasteiger partial charge in [0.15, 0.2) is 0 Å². The molecule has 0 fully saturated rings. The normalized spacial score (nSPS) is 10.3. The number of hydrogen-bond donors (Lipinski definition) is 2. The minimum Gasteiger partial charge on any atom is -0.496 e. The van der Waals surface area contributed by atoms with Gasteiger partial charge in [-0.1, -0.05) is 23.7 Å². The largest absolute Gasteiger partial charge is 0.496 e. The summed E-state index contributed by atoms with van der Waals surface area (Å²) < 4.78 is 5.26. The highest BCUT2D eigenvalue weighted by molar-refractivity contribution is 6.30. The van der Waals surface area contributed by atoms with E-state index in [1.165, 1.54) is 0 Å². The maximum absolute atomic E-state index is 12.0. The first-order valence-corrected chi connectivity index (χ1v) is 8.81. The van der Waals surface area contributed by atoms with Crippen molar-refractivity contribution in [3.63, 3.8) is 0 Å². The molecule has 5 nitrogen and oxygen atoms in total. The van der Waals surface area contributed by atoms with E-state index in [0.717, 1.165) is 16.9 Å². The van der Waals surface area contributed by atoms with E-state index in [2.05, 4.69) is 10.6 Å². The maximum Gasteiger partial charge on any atom is 0.224 e. The van der Waals surface area contributed by atoms with Gasteiger partial charge in [-0.05, 0) is 54.8 Å². The van der Waals surface area contributed by atoms with E-state index in [1.807, 2.05) is 25.1 Å². The summed E-state index contributed by atoms with van der Waals surface area (Å²) in [6.07, 6.45) is 1.19. The lowest BCUT2D eigenvalue weighted by Crippen LogP contribution is -2.27. The number of rotatable bonds is 8. The van der Waals surface area contributed by atoms with E-state index < -0.39 is 0 Å². The quantitative estimate of drug-likeness (QED) is 0.692. The van der Waals surface area contributed by atoms with Crippen molar-refractivity contribution >= 4 is 29.1 Å². The average molecular weight is 375 g/mol. The van der Waals surface area contributed by atoms with Crippen molar-refractivity contribution in [2.75, 3.05) is 19.0 Å². The van der Waals surface area contributed by atoms with Crippen LogP contribution in [-0.2, 0) is 16.0 Å². The molecule has 2 rings (SSSR count). The Hall–Kier alpha value is -2.53. The molecule has 0 saturated heterocycles. The van der Waals surface area contributed by atoms with Crippen molar-refractivity contribution in [3.8, 4) is 5.75 Å². The highest BCUT2D eigenvalue weighted by atomic mass is 35.5. The number of ether oxygens (including phenoxy) is 1. The van der Waals surface area contributed by atoms with E-state index in [0.29, 0.717) is 30.1 Å². The zero-order chi connectivity index (χ0) is 18.9. The molecule has 0 aromatic heterocycles. The fourth-order valence-electron chi connectivity index (χ4n) is 2.46. The molecule has 2 aromatic carbocycles. The zero-order valence-corrected chi connectivity index (χ0v) is 15.7. The van der Waals surface area contributed by atoms with E-state index in [-0.39, 0.29) is 18.2 Å². The number of benzene rings is 2. The van der Waals surface area contributed by atoms with Gasteiger partial charge in [0, 0.05) is 23.7 Å². The smallest absolute Gasteiger partial charge is 0.224 e. The van der Waals surface area contributed by atoms with E-state index in [1.54, 1.807) is 31.4 Å². The standard InChI is InChI=1S/C20H23ClN2O3/c1-14-5-6-15(12-18(14)26-2)13-20(25)22-11-3-4-19(24)23-17-9-7-16(21)8-10-17/h5-10,12H,3-4,11,13H2,1-2H3,(H,22,25)(H,23,24). The summed E-state index contributed by atoms with van der Waals surface area (Å²) in [5, 5.41) is 6.25. The highest BCUT2D eigenvalue weighted by Gasteiger charge is 2.07. The highest BCUT2D eigenvalue weighted by Crippen LogP contribution is 2.19. The van der Waals surface area contributed by atoms with Crippen LogP contribution in [0.3, 0.4) is 0 Å². The van der Waals surface area contributed by atoms with E-state index in [9.17, 15) is 9.59 Å². The van der Waals surface area contributed by atoms with Gasteiger partial charge in [0.2, 0.25) is 11.8 Å². The minimum atomic E-state index is -0.0927. The molecule has 0 bridgehead atoms. The Balaban J connectivity index is 1.68. The first kappa shape index (κ1) is 19.8. The third-order valence-electron chi connectivity index (χ3n) is 3.87. The van der Waals surface area contributed by atoms with Crippen LogP contribution in [0.1, 0.15) is 24.0 Å². The monoisotopic (exact) mass is 374 g/mol. The predicted molar refractivity (Wildman–Crippen MR) is 104 cm³/mol. The predicted octanol–water partition coefficient (Wildman–Crippen LogP) is 3.73. The van der Waals surface area contributed by atoms with Crippen molar-refractivity contribution in [1.29, 1.82) is 0 Å². The average Bonchev–Trinajstić information content (AvgIpc) is 2.62. The molecule has 0 heterocycles. The molecule has 0 atom stereocenters. The fraction of sp³-hybridized carbons (Fsp3) is 0.300. The van der Waals surface area contributed by atoms with Crippen LogP contribution in [0, 0.1) is 6.92 Å². The molecule has 0 aliphatic rings. The maximum atomic E-state index is 12.0. The van der Waals surface area contributed by atoms with Crippen LogP contribution in [0.25, 0.3) is 0 Å². The molecule has 6 heteroatoms. The van der Waals surface area contributed by atoms with Gasteiger partial charge in [-0.2, -0.15) is 0 Å². The fourth-order valence-corrected chi connectivity index (χ4v) is 2.58. The Bertz CT molecular complexity index is 760. The second-order valence-corrected chi connectivity index (χ2v) is 6.43. The molecule has 0 unspecified atom stereocenters. The third-order valence-corrected chi connectivity index (χ3v) is 4.12. The lowest BCUT2D eigenvalue weighted by molar-refractivity contribution is -0.121. The van der Waals surface area contributed by atoms with Gasteiger partial charge in [-0.3, -0.25) is 9.59 Å². The molecule has 138 valence electrons. The first-order chi connectivity index (χ1) is 12.5. The molecule has 0 spiro atoms. The van der Waals surface area contributed by atoms with Gasteiger partial charge in [0.05, 0.1) is 13.5 Å². The Labute approximate surface area is 158 Å². The van der Waals surface area contributed by atoms with Gasteiger partial charge in [0.25, 0.3) is 0 Å². The summed E-state index contributed by atoms with van der Waals surface area (Å²) in [7, 11) is 1.61. The summed E-state index contributed by atoms with van der Waals surface area (Å²) in [5.74, 6) is 0.605. The molecular weight excluding hydrogens is 352 g/mol. The van der Waals surface area contributed by atoms with Crippen molar-refractivity contribution < 1.29 is 14.3 Å². The molecule has 26 heavy (non-hydrogen) atoms. The molecule has 0 aliphatic carbocycles. The van der Waals surface area contributed by atoms with Crippen LogP contribution in [0.5, 0.6) is 5.75 Å². The Kier molecular flexibility index (Phi) is 7.48. The van der Waals surface area contributed by atoms with Gasteiger partial charge in [-0.15, -0.1) is 0 Å². The Morgan fingerprint density at radius 1 is 1.08 bits per heavy atom. The number of amides is 2. The number of nitrogens with one attached hydrogen (secondary N) is 2. The number of methoxy groups -OCH3 is 1. The minimum absolute atomic E-state index is 0.0750. The van der Waals surface area contributed by atoms with E-state index >= 15 is 0 Å². The number of anilines is 1. The van der Waals surface area contributed by atoms with E-state index in [4.69, 9.17) is 16.3 Å². The lowest BCUT2D eigenvalue weighted by Gasteiger charge is -2.09. The number of carbonyl (C=O) groups is 2. The summed E-state index contributed by atoms with van der Waals surface area (Å²) in [4.78, 5) is 23.9. The van der Waals surface area contributed by atoms with Crippen LogP contribution in [0.2, 0.25) is 5.02 Å². The zero-order valence-electron chi connectivity index (χ0n) is 15.0. The van der Waals surface area contributed by atoms with Gasteiger partial charge in [-0.25, -0.2) is 0 Å². The first-order valence-electron chi connectivity index (χ1n) is 8.43. The number of halogens is 1. The molecule has 2 N–H and O–H groups in total. The van der Waals surface area contributed by atoms with Crippen molar-refractivity contribution in [1.82, 2.24) is 5.32 Å². The summed E-state index contributed by atoms with van der Waals surface area (Å²) in [6, 6.07) is 12.7. The van der Waals surface area contributed by atoms with Crippen molar-refractivity contribution in [3.05, 3.63) is 58.6 Å². The molecule has 0 radical (unpaired) electrons. The van der Waals surface area contributed by atoms with Crippen LogP contribution >= 0.6 is 11.6 Å². The van der Waals surface area contributed by atoms with Crippen LogP contribution in [0.15, 0.2) is 42.5 Å². The molecule has 0 saturated carbocycles. The Morgan fingerprint density at radius 3 is 2.50 bits per heavy atom. The summed E-state index contributed by atoms with van der Waals surface area (Å²) in [5.41, 5.74) is 2.63. The third kappa shape index (κ3) is 6.41. The molecular formula is C20H23ClN2O3. The van der Waals surface area contributed by atoms with Crippen molar-refractivity contribution in [2.45, 2.75) is 26.2 Å². The van der Waals surface area contributed by atoms with Crippen LogP contribution in [0.4, 0.5) is 5.69 Å². The molecule has 2 amide bonds. The van der Waals surface area contributed by atoms with Gasteiger partial charge >= 0.3 is 0 Å². The summed E-state index contributed by atoms with van der Waals surface area (Å²) >= 11 is 5.80. The van der Waals surface area contributed by atoms with Gasteiger partial charge in [0.1, 0.15) is 5.75 Å². The molecule has 0 aliphatic heterocycles. The van der Waals surface area contributed by atoms with Crippen molar-refractivity contribution in [2.24, 2.45) is 0 Å². The van der Waals surface area contributed by atoms with Crippen LogP contribution in [-0.4, -0.2) is 25.5 Å². The van der Waals surface area contributed by atoms with Crippen LogP contribution < -0.4 is 15.4 Å². The second-order valence-electron chi connectivity index (χ2n) is 5.99. The number of hydrogen-bond acceptors (Lipinski definition) is 3. The van der Waals surface area contributed by atoms with Gasteiger partial charge < -0.3 is 15.4 Å². The Morgan fingerprint density at radius 2 is 1.81 bits per heavy atom. The topological polar surface area (TPSA) is 67.4 Å². The second kappa shape index (κ2) is 9.82. The molecule has 2 aromatic rings. The SMILES string of the molecule is COc1cc(CC(=O)NCCCC(=O)Nc2ccc(Cl)cc2)ccc1C. The number of carbonyl (C=O) groups excluding carboxylic acids is 2. The number of aryl methyl sites for hydroxylation is 1. The lowest BCUT2D eigenvalue weighted by atomic mass is 10.1.